The van der Waals surface area contributed by atoms with Crippen LogP contribution in [0, 0.1) is 5.92 Å². The van der Waals surface area contributed by atoms with E-state index < -0.39 is 5.92 Å². The molecule has 120 valence electrons. The number of rotatable bonds is 6. The van der Waals surface area contributed by atoms with Crippen LogP contribution in [0.3, 0.4) is 0 Å². The Morgan fingerprint density at radius 3 is 2.55 bits per heavy atom. The molecule has 2 amide bonds. The van der Waals surface area contributed by atoms with Gasteiger partial charge in [-0.05, 0) is 37.1 Å². The highest BCUT2D eigenvalue weighted by molar-refractivity contribution is 6.09. The predicted octanol–water partition coefficient (Wildman–Crippen LogP) is 1.50. The lowest BCUT2D eigenvalue weighted by atomic mass is 10.0. The zero-order valence-corrected chi connectivity index (χ0v) is 13.6. The largest absolute Gasteiger partial charge is 0.354 e. The van der Waals surface area contributed by atoms with Crippen molar-refractivity contribution in [3.63, 3.8) is 0 Å². The zero-order chi connectivity index (χ0) is 16.1. The molecule has 1 aromatic carbocycles. The molecule has 1 saturated heterocycles. The average Bonchev–Trinajstić information content (AvgIpc) is 2.89. The van der Waals surface area contributed by atoms with Crippen LogP contribution in [0.5, 0.6) is 0 Å². The fraction of sp³-hybridized carbons (Fsp3) is 0.529. The second-order valence-electron chi connectivity index (χ2n) is 5.97. The maximum absolute atomic E-state index is 12.4. The van der Waals surface area contributed by atoms with Crippen LogP contribution in [-0.4, -0.2) is 38.5 Å². The SMILES string of the molecule is CNCCNC(=O)C1CCN(c2ccc(C(C)C)cc2)C1=O. The molecular weight excluding hydrogens is 278 g/mol. The number of amides is 2. The fourth-order valence-electron chi connectivity index (χ4n) is 2.65. The van der Waals surface area contributed by atoms with Crippen molar-refractivity contribution in [2.45, 2.75) is 26.2 Å². The van der Waals surface area contributed by atoms with Crippen molar-refractivity contribution in [3.8, 4) is 0 Å². The molecule has 2 N–H and O–H groups in total. The number of benzene rings is 1. The fourth-order valence-corrected chi connectivity index (χ4v) is 2.65. The van der Waals surface area contributed by atoms with E-state index in [1.165, 1.54) is 5.56 Å². The molecule has 1 aromatic rings. The first-order valence-electron chi connectivity index (χ1n) is 7.88. The van der Waals surface area contributed by atoms with E-state index >= 15 is 0 Å². The Labute approximate surface area is 132 Å². The lowest BCUT2D eigenvalue weighted by molar-refractivity contribution is -0.132. The Morgan fingerprint density at radius 1 is 1.27 bits per heavy atom. The molecule has 5 heteroatoms. The van der Waals surface area contributed by atoms with Crippen molar-refractivity contribution in [2.24, 2.45) is 5.92 Å². The molecule has 0 bridgehead atoms. The molecule has 1 aliphatic heterocycles. The number of carbonyl (C=O) groups is 2. The molecule has 0 radical (unpaired) electrons. The van der Waals surface area contributed by atoms with Crippen LogP contribution in [-0.2, 0) is 9.59 Å². The molecule has 1 fully saturated rings. The van der Waals surface area contributed by atoms with Crippen LogP contribution < -0.4 is 15.5 Å². The second kappa shape index (κ2) is 7.40. The number of carbonyl (C=O) groups excluding carboxylic acids is 2. The van der Waals surface area contributed by atoms with Gasteiger partial charge in [0.15, 0.2) is 0 Å². The van der Waals surface area contributed by atoms with Crippen molar-refractivity contribution in [3.05, 3.63) is 29.8 Å². The van der Waals surface area contributed by atoms with E-state index in [1.807, 2.05) is 31.3 Å². The summed E-state index contributed by atoms with van der Waals surface area (Å²) < 4.78 is 0. The molecule has 0 aromatic heterocycles. The highest BCUT2D eigenvalue weighted by atomic mass is 16.2. The van der Waals surface area contributed by atoms with E-state index in [1.54, 1.807) is 4.90 Å². The highest BCUT2D eigenvalue weighted by Crippen LogP contribution is 2.27. The Morgan fingerprint density at radius 2 is 1.95 bits per heavy atom. The number of nitrogens with one attached hydrogen (secondary N) is 2. The van der Waals surface area contributed by atoms with E-state index in [2.05, 4.69) is 24.5 Å². The minimum absolute atomic E-state index is 0.0979. The van der Waals surface area contributed by atoms with Crippen molar-refractivity contribution in [1.29, 1.82) is 0 Å². The summed E-state index contributed by atoms with van der Waals surface area (Å²) in [5.74, 6) is -0.350. The molecule has 22 heavy (non-hydrogen) atoms. The molecule has 0 aliphatic carbocycles. The minimum Gasteiger partial charge on any atom is -0.354 e. The van der Waals surface area contributed by atoms with Gasteiger partial charge in [-0.2, -0.15) is 0 Å². The zero-order valence-electron chi connectivity index (χ0n) is 13.6. The van der Waals surface area contributed by atoms with Gasteiger partial charge in [-0.3, -0.25) is 9.59 Å². The summed E-state index contributed by atoms with van der Waals surface area (Å²) in [5.41, 5.74) is 2.12. The molecule has 1 aliphatic rings. The smallest absolute Gasteiger partial charge is 0.239 e. The lowest BCUT2D eigenvalue weighted by Gasteiger charge is -2.17. The first-order valence-corrected chi connectivity index (χ1v) is 7.88. The molecule has 1 atom stereocenters. The number of hydrogen-bond donors (Lipinski definition) is 2. The van der Waals surface area contributed by atoms with Gasteiger partial charge in [-0.25, -0.2) is 0 Å². The van der Waals surface area contributed by atoms with Gasteiger partial charge < -0.3 is 15.5 Å². The number of nitrogens with zero attached hydrogens (tertiary/aromatic N) is 1. The van der Waals surface area contributed by atoms with Gasteiger partial charge in [0.05, 0.1) is 0 Å². The van der Waals surface area contributed by atoms with Gasteiger partial charge in [0, 0.05) is 25.3 Å². The van der Waals surface area contributed by atoms with E-state index in [9.17, 15) is 9.59 Å². The number of hydrogen-bond acceptors (Lipinski definition) is 3. The Balaban J connectivity index is 2.00. The third kappa shape index (κ3) is 3.65. The summed E-state index contributed by atoms with van der Waals surface area (Å²) in [6.07, 6.45) is 0.580. The Bertz CT molecular complexity index is 525. The third-order valence-corrected chi connectivity index (χ3v) is 4.07. The summed E-state index contributed by atoms with van der Waals surface area (Å²) in [6, 6.07) is 8.03. The summed E-state index contributed by atoms with van der Waals surface area (Å²) in [4.78, 5) is 26.2. The summed E-state index contributed by atoms with van der Waals surface area (Å²) in [7, 11) is 1.83. The summed E-state index contributed by atoms with van der Waals surface area (Å²) >= 11 is 0. The standard InChI is InChI=1S/C17H25N3O2/c1-12(2)13-4-6-14(7-5-13)20-11-8-15(17(20)22)16(21)19-10-9-18-3/h4-7,12,15,18H,8-11H2,1-3H3,(H,19,21). The topological polar surface area (TPSA) is 61.4 Å². The lowest BCUT2D eigenvalue weighted by Crippen LogP contribution is -2.39. The van der Waals surface area contributed by atoms with Crippen LogP contribution in [0.4, 0.5) is 5.69 Å². The first-order chi connectivity index (χ1) is 10.5. The molecular formula is C17H25N3O2. The van der Waals surface area contributed by atoms with Gasteiger partial charge in [0.2, 0.25) is 11.8 Å². The van der Waals surface area contributed by atoms with Crippen molar-refractivity contribution >= 4 is 17.5 Å². The second-order valence-corrected chi connectivity index (χ2v) is 5.97. The molecule has 0 saturated carbocycles. The molecule has 2 rings (SSSR count). The summed E-state index contributed by atoms with van der Waals surface area (Å²) in [5, 5.41) is 5.77. The number of likely N-dealkylation sites (N-methyl/N-ethyl adjacent to an activating group) is 1. The molecule has 1 heterocycles. The van der Waals surface area contributed by atoms with Gasteiger partial charge in [-0.1, -0.05) is 26.0 Å². The summed E-state index contributed by atoms with van der Waals surface area (Å²) in [6.45, 7) is 6.13. The van der Waals surface area contributed by atoms with Crippen LogP contribution in [0.25, 0.3) is 0 Å². The van der Waals surface area contributed by atoms with Crippen molar-refractivity contribution < 1.29 is 9.59 Å². The molecule has 1 unspecified atom stereocenters. The maximum Gasteiger partial charge on any atom is 0.239 e. The first kappa shape index (κ1) is 16.5. The van der Waals surface area contributed by atoms with E-state index in [-0.39, 0.29) is 11.8 Å². The molecule has 5 nitrogen and oxygen atoms in total. The Hall–Kier alpha value is -1.88. The van der Waals surface area contributed by atoms with Crippen LogP contribution in [0.15, 0.2) is 24.3 Å². The van der Waals surface area contributed by atoms with Gasteiger partial charge in [0.25, 0.3) is 0 Å². The van der Waals surface area contributed by atoms with Crippen molar-refractivity contribution in [1.82, 2.24) is 10.6 Å². The molecule has 0 spiro atoms. The van der Waals surface area contributed by atoms with Crippen LogP contribution in [0.1, 0.15) is 31.7 Å². The van der Waals surface area contributed by atoms with E-state index in [4.69, 9.17) is 0 Å². The maximum atomic E-state index is 12.4. The van der Waals surface area contributed by atoms with Crippen LogP contribution in [0.2, 0.25) is 0 Å². The van der Waals surface area contributed by atoms with Crippen LogP contribution >= 0.6 is 0 Å². The normalized spacial score (nSPS) is 18.1. The quantitative estimate of drug-likeness (QED) is 0.618. The van der Waals surface area contributed by atoms with E-state index in [0.717, 1.165) is 5.69 Å². The Kier molecular flexibility index (Phi) is 5.55. The van der Waals surface area contributed by atoms with Crippen molar-refractivity contribution in [2.75, 3.05) is 31.6 Å². The predicted molar refractivity (Wildman–Crippen MR) is 87.9 cm³/mol. The van der Waals surface area contributed by atoms with Gasteiger partial charge in [0.1, 0.15) is 5.92 Å². The minimum atomic E-state index is -0.554. The third-order valence-electron chi connectivity index (χ3n) is 4.07. The highest BCUT2D eigenvalue weighted by Gasteiger charge is 2.37. The number of anilines is 1. The van der Waals surface area contributed by atoms with Gasteiger partial charge in [-0.15, -0.1) is 0 Å². The van der Waals surface area contributed by atoms with Gasteiger partial charge >= 0.3 is 0 Å². The average molecular weight is 303 g/mol. The monoisotopic (exact) mass is 303 g/mol. The van der Waals surface area contributed by atoms with E-state index in [0.29, 0.717) is 32.0 Å².